The molecule has 0 saturated carbocycles. The molecule has 0 atom stereocenters. The quantitative estimate of drug-likeness (QED) is 0.121. The number of nitrogens with one attached hydrogen (secondary N) is 2. The van der Waals surface area contributed by atoms with Crippen molar-refractivity contribution in [1.29, 1.82) is 0 Å². The van der Waals surface area contributed by atoms with Crippen LogP contribution in [0.15, 0.2) is 65.8 Å². The Labute approximate surface area is 241 Å². The molecule has 4 rings (SSSR count). The van der Waals surface area contributed by atoms with Gasteiger partial charge in [-0.15, -0.1) is 0 Å². The highest BCUT2D eigenvalue weighted by molar-refractivity contribution is 6.46. The van der Waals surface area contributed by atoms with Gasteiger partial charge in [0.25, 0.3) is 17.3 Å². The van der Waals surface area contributed by atoms with Gasteiger partial charge in [-0.3, -0.25) is 14.4 Å². The number of hydrogen-bond donors (Lipinski definition) is 3. The molecule has 0 saturated heterocycles. The van der Waals surface area contributed by atoms with Crippen molar-refractivity contribution in [3.8, 4) is 5.75 Å². The lowest BCUT2D eigenvalue weighted by molar-refractivity contribution is -0.468. The Morgan fingerprint density at radius 3 is 2.33 bits per heavy atom. The maximum Gasteiger partial charge on any atom is 0.325 e. The third kappa shape index (κ3) is 5.90. The zero-order valence-electron chi connectivity index (χ0n) is 23.9. The fourth-order valence-corrected chi connectivity index (χ4v) is 4.53. The summed E-state index contributed by atoms with van der Waals surface area (Å²) in [6.45, 7) is 8.84. The van der Waals surface area contributed by atoms with Crippen LogP contribution in [0.1, 0.15) is 69.4 Å². The Morgan fingerprint density at radius 1 is 1.00 bits per heavy atom. The summed E-state index contributed by atoms with van der Waals surface area (Å²) in [7, 11) is 0. The third-order valence-corrected chi connectivity index (χ3v) is 7.01. The van der Waals surface area contributed by atoms with E-state index >= 15 is 0 Å². The van der Waals surface area contributed by atoms with Crippen molar-refractivity contribution < 1.29 is 23.9 Å². The summed E-state index contributed by atoms with van der Waals surface area (Å²) in [5.41, 5.74) is 4.08. The molecule has 11 heteroatoms. The standard InChI is InChI=1S/C31H31N5O6/c1-17(2)21-10-6-8-12-23(21)32-31(40)24(33-34-30(39)22-11-7-9-13-27(22)37)16-28(38)29-20(5)35(41)25-14-18(3)19(4)15-26(25)36(29)42/h6-15,17,37H,16H2,1-5H3,(H,32,40)(H,34,39)/b33-24-. The Bertz CT molecular complexity index is 1820. The van der Waals surface area contributed by atoms with Gasteiger partial charge in [0.05, 0.1) is 22.1 Å². The second kappa shape index (κ2) is 12.0. The SMILES string of the molecule is Cc1cc2c(cc1C)[n+](=O)c(C(=O)C/C(=N/NC(=O)c1ccccc1O)C(=O)Nc1ccccc1C(C)C)c(C)n2[O-]. The number of phenolic OH excluding ortho intramolecular Hbond substituents is 1. The average molecular weight is 570 g/mol. The molecule has 11 nitrogen and oxygen atoms in total. The van der Waals surface area contributed by atoms with E-state index in [-0.39, 0.29) is 34.0 Å². The number of carbonyl (C=O) groups excluding carboxylic acids is 3. The van der Waals surface area contributed by atoms with Gasteiger partial charge in [-0.05, 0) is 67.6 Å². The predicted octanol–water partition coefficient (Wildman–Crippen LogP) is 4.65. The van der Waals surface area contributed by atoms with Crippen LogP contribution in [0.25, 0.3) is 11.0 Å². The van der Waals surface area contributed by atoms with Gasteiger partial charge in [-0.2, -0.15) is 5.10 Å². The third-order valence-electron chi connectivity index (χ3n) is 7.01. The molecular formula is C31H31N5O6. The number of anilines is 1. The van der Waals surface area contributed by atoms with Crippen molar-refractivity contribution in [2.24, 2.45) is 5.10 Å². The fraction of sp³-hybridized carbons (Fsp3) is 0.226. The highest BCUT2D eigenvalue weighted by Crippen LogP contribution is 2.24. The second-order valence-electron chi connectivity index (χ2n) is 10.3. The number of rotatable bonds is 8. The lowest BCUT2D eigenvalue weighted by atomic mass is 10.0. The molecular weight excluding hydrogens is 538 g/mol. The van der Waals surface area contributed by atoms with Crippen LogP contribution in [0, 0.1) is 30.9 Å². The molecule has 0 bridgehead atoms. The molecule has 1 aromatic heterocycles. The number of aryl methyl sites for hydroxylation is 2. The number of hydrazone groups is 1. The number of amides is 2. The molecule has 0 spiro atoms. The normalized spacial score (nSPS) is 11.5. The van der Waals surface area contributed by atoms with Crippen LogP contribution in [-0.2, 0) is 4.79 Å². The molecule has 216 valence electrons. The minimum Gasteiger partial charge on any atom is -0.805 e. The molecule has 0 unspecified atom stereocenters. The summed E-state index contributed by atoms with van der Waals surface area (Å²) in [5, 5.41) is 29.7. The van der Waals surface area contributed by atoms with Gasteiger partial charge in [-0.25, -0.2) is 5.43 Å². The number of phenols is 1. The number of hydrogen-bond acceptors (Lipinski definition) is 7. The molecule has 3 aromatic carbocycles. The summed E-state index contributed by atoms with van der Waals surface area (Å²) in [6, 6.07) is 16.0. The topological polar surface area (TPSA) is 159 Å². The van der Waals surface area contributed by atoms with Crippen LogP contribution in [0.5, 0.6) is 5.75 Å². The van der Waals surface area contributed by atoms with E-state index in [4.69, 9.17) is 0 Å². The highest BCUT2D eigenvalue weighted by Gasteiger charge is 2.30. The maximum absolute atomic E-state index is 13.6. The molecule has 0 aliphatic carbocycles. The zero-order chi connectivity index (χ0) is 30.7. The van der Waals surface area contributed by atoms with Gasteiger partial charge in [-0.1, -0.05) is 44.2 Å². The molecule has 4 aromatic rings. The summed E-state index contributed by atoms with van der Waals surface area (Å²) in [4.78, 5) is 53.1. The number of nitrogens with zero attached hydrogens (tertiary/aromatic N) is 3. The first-order valence-electron chi connectivity index (χ1n) is 13.3. The second-order valence-corrected chi connectivity index (χ2v) is 10.3. The Hall–Kier alpha value is -5.32. The Balaban J connectivity index is 1.75. The van der Waals surface area contributed by atoms with Crippen molar-refractivity contribution in [3.05, 3.63) is 104 Å². The minimum absolute atomic E-state index is 0.00343. The van der Waals surface area contributed by atoms with E-state index in [9.17, 15) is 29.6 Å². The molecule has 3 N–H and O–H groups in total. The first-order chi connectivity index (χ1) is 19.9. The minimum atomic E-state index is -0.852. The van der Waals surface area contributed by atoms with Crippen molar-refractivity contribution in [1.82, 2.24) is 10.2 Å². The van der Waals surface area contributed by atoms with E-state index < -0.39 is 35.4 Å². The van der Waals surface area contributed by atoms with E-state index in [1.807, 2.05) is 26.0 Å². The monoisotopic (exact) mass is 569 g/mol. The lowest BCUT2D eigenvalue weighted by Gasteiger charge is -2.17. The predicted molar refractivity (Wildman–Crippen MR) is 159 cm³/mol. The van der Waals surface area contributed by atoms with E-state index in [0.717, 1.165) is 16.7 Å². The summed E-state index contributed by atoms with van der Waals surface area (Å²) < 4.78 is 0.900. The number of ketones is 1. The summed E-state index contributed by atoms with van der Waals surface area (Å²) in [6.07, 6.45) is -0.712. The van der Waals surface area contributed by atoms with Gasteiger partial charge in [0.1, 0.15) is 17.0 Å². The van der Waals surface area contributed by atoms with E-state index in [2.05, 4.69) is 15.8 Å². The summed E-state index contributed by atoms with van der Waals surface area (Å²) >= 11 is 0. The largest absolute Gasteiger partial charge is 0.805 e. The van der Waals surface area contributed by atoms with Crippen LogP contribution >= 0.6 is 0 Å². The van der Waals surface area contributed by atoms with Gasteiger partial charge >= 0.3 is 5.69 Å². The lowest BCUT2D eigenvalue weighted by Crippen LogP contribution is -2.34. The van der Waals surface area contributed by atoms with Crippen molar-refractivity contribution in [3.63, 3.8) is 0 Å². The number of benzene rings is 3. The number of Topliss-reactive ketones (excluding diaryl/α,β-unsaturated/α-hetero) is 1. The molecule has 2 amide bonds. The smallest absolute Gasteiger partial charge is 0.325 e. The Morgan fingerprint density at radius 2 is 1.64 bits per heavy atom. The molecule has 0 aliphatic rings. The van der Waals surface area contributed by atoms with Gasteiger partial charge in [0, 0.05) is 16.7 Å². The van der Waals surface area contributed by atoms with Crippen LogP contribution in [-0.4, -0.2) is 33.1 Å². The van der Waals surface area contributed by atoms with Crippen LogP contribution in [0.3, 0.4) is 0 Å². The number of aromatic hydroxyl groups is 1. The fourth-order valence-electron chi connectivity index (χ4n) is 4.53. The molecule has 42 heavy (non-hydrogen) atoms. The highest BCUT2D eigenvalue weighted by atomic mass is 16.5. The van der Waals surface area contributed by atoms with Crippen molar-refractivity contribution >= 4 is 40.0 Å². The summed E-state index contributed by atoms with van der Waals surface area (Å²) in [5.74, 6) is -2.72. The van der Waals surface area contributed by atoms with Crippen LogP contribution < -0.4 is 15.2 Å². The number of aromatic nitrogens is 2. The average Bonchev–Trinajstić information content (AvgIpc) is 2.95. The first kappa shape index (κ1) is 29.7. The molecule has 0 fully saturated rings. The van der Waals surface area contributed by atoms with Crippen LogP contribution in [0.4, 0.5) is 5.69 Å². The zero-order valence-corrected chi connectivity index (χ0v) is 23.9. The number of carbonyl (C=O) groups is 3. The maximum atomic E-state index is 13.6. The van der Waals surface area contributed by atoms with Crippen molar-refractivity contribution in [2.75, 3.05) is 5.32 Å². The van der Waals surface area contributed by atoms with E-state index in [1.165, 1.54) is 37.3 Å². The molecule has 0 radical (unpaired) electrons. The van der Waals surface area contributed by atoms with Crippen LogP contribution in [0.2, 0.25) is 0 Å². The number of para-hydroxylation sites is 2. The van der Waals surface area contributed by atoms with Gasteiger partial charge in [0.15, 0.2) is 0 Å². The van der Waals surface area contributed by atoms with Gasteiger partial charge in [0.2, 0.25) is 5.78 Å². The van der Waals surface area contributed by atoms with Crippen molar-refractivity contribution in [2.45, 2.75) is 47.0 Å². The van der Waals surface area contributed by atoms with E-state index in [0.29, 0.717) is 14.8 Å². The Kier molecular flexibility index (Phi) is 8.51. The molecule has 1 heterocycles. The first-order valence-corrected chi connectivity index (χ1v) is 13.3. The number of fused-ring (bicyclic) bond motifs is 1. The van der Waals surface area contributed by atoms with E-state index in [1.54, 1.807) is 32.0 Å². The van der Waals surface area contributed by atoms with Gasteiger partial charge < -0.3 is 20.4 Å². The molecule has 0 aliphatic heterocycles.